The number of rotatable bonds is 7. The Labute approximate surface area is 206 Å². The van der Waals surface area contributed by atoms with Crippen LogP contribution in [0, 0.1) is 17.8 Å². The molecule has 0 saturated heterocycles. The molecule has 4 atom stereocenters. The van der Waals surface area contributed by atoms with Crippen molar-refractivity contribution in [1.29, 1.82) is 0 Å². The topological polar surface area (TPSA) is 29.5 Å². The van der Waals surface area contributed by atoms with Crippen molar-refractivity contribution in [1.82, 2.24) is 0 Å². The number of carbonyl (C=O) groups is 1. The molecule has 2 aliphatic rings. The van der Waals surface area contributed by atoms with Gasteiger partial charge in [0.05, 0.1) is 12.0 Å². The molecule has 0 radical (unpaired) electrons. The number of nitrogens with zero attached hydrogens (tertiary/aromatic N) is 1. The number of fused-ring (bicyclic) bond motifs is 3. The molecule has 0 heterocycles. The van der Waals surface area contributed by atoms with Gasteiger partial charge in [0, 0.05) is 11.4 Å². The van der Waals surface area contributed by atoms with E-state index in [2.05, 4.69) is 108 Å². The van der Waals surface area contributed by atoms with Crippen LogP contribution in [-0.4, -0.2) is 12.6 Å². The second-order valence-corrected chi connectivity index (χ2v) is 9.68. The van der Waals surface area contributed by atoms with Crippen LogP contribution in [-0.2, 0) is 9.53 Å². The number of ether oxygens (including phenoxy) is 1. The second kappa shape index (κ2) is 9.42. The predicted molar refractivity (Wildman–Crippen MR) is 142 cm³/mol. The quantitative estimate of drug-likeness (QED) is 0.212. The molecule has 0 N–H and O–H groups in total. The lowest BCUT2D eigenvalue weighted by Crippen LogP contribution is -2.31. The van der Waals surface area contributed by atoms with Crippen molar-refractivity contribution >= 4 is 28.1 Å². The average molecular weight is 460 g/mol. The molecule has 0 spiro atoms. The van der Waals surface area contributed by atoms with Gasteiger partial charge in [0.2, 0.25) is 0 Å². The predicted octanol–water partition coefficient (Wildman–Crippen LogP) is 7.47. The van der Waals surface area contributed by atoms with Crippen LogP contribution in [0.4, 0.5) is 11.4 Å². The molecule has 174 valence electrons. The third-order valence-electron chi connectivity index (χ3n) is 7.50. The Morgan fingerprint density at radius 2 is 1.43 bits per heavy atom. The lowest BCUT2D eigenvalue weighted by atomic mass is 9.94. The second-order valence-electron chi connectivity index (χ2n) is 9.68. The minimum Gasteiger partial charge on any atom is -0.463 e. The first-order chi connectivity index (χ1) is 17.3. The number of allylic oxidation sites excluding steroid dienone is 2. The first-order valence-electron chi connectivity index (χ1n) is 12.5. The highest BCUT2D eigenvalue weighted by atomic mass is 16.5. The van der Waals surface area contributed by atoms with Crippen LogP contribution in [0.1, 0.15) is 24.4 Å². The van der Waals surface area contributed by atoms with Gasteiger partial charge in [-0.25, -0.2) is 0 Å². The molecule has 4 aromatic rings. The highest BCUT2D eigenvalue weighted by Gasteiger charge is 2.41. The van der Waals surface area contributed by atoms with E-state index in [0.29, 0.717) is 18.4 Å². The zero-order chi connectivity index (χ0) is 23.6. The molecule has 35 heavy (non-hydrogen) atoms. The van der Waals surface area contributed by atoms with Gasteiger partial charge in [0.25, 0.3) is 0 Å². The van der Waals surface area contributed by atoms with Crippen molar-refractivity contribution in [2.45, 2.75) is 18.9 Å². The van der Waals surface area contributed by atoms with Crippen LogP contribution in [0.2, 0.25) is 0 Å². The first-order valence-corrected chi connectivity index (χ1v) is 12.5. The van der Waals surface area contributed by atoms with E-state index < -0.39 is 0 Å². The van der Waals surface area contributed by atoms with Gasteiger partial charge in [0.15, 0.2) is 0 Å². The number of para-hydroxylation sites is 2. The summed E-state index contributed by atoms with van der Waals surface area (Å²) in [5, 5.41) is 2.38. The Morgan fingerprint density at radius 3 is 2.06 bits per heavy atom. The monoisotopic (exact) mass is 459 g/mol. The summed E-state index contributed by atoms with van der Waals surface area (Å²) in [4.78, 5) is 15.5. The Kier molecular flexibility index (Phi) is 5.83. The Hall–Kier alpha value is -3.85. The van der Waals surface area contributed by atoms with E-state index in [-0.39, 0.29) is 17.9 Å². The zero-order valence-corrected chi connectivity index (χ0v) is 19.7. The maximum Gasteiger partial charge on any atom is 0.309 e. The molecule has 1 fully saturated rings. The van der Waals surface area contributed by atoms with Crippen LogP contribution in [0.25, 0.3) is 10.8 Å². The van der Waals surface area contributed by atoms with Crippen LogP contribution < -0.4 is 4.90 Å². The summed E-state index contributed by atoms with van der Waals surface area (Å²) >= 11 is 0. The van der Waals surface area contributed by atoms with Crippen LogP contribution in [0.15, 0.2) is 115 Å². The van der Waals surface area contributed by atoms with Gasteiger partial charge in [-0.2, -0.15) is 0 Å². The molecular weight excluding hydrogens is 430 g/mol. The first kappa shape index (κ1) is 21.7. The van der Waals surface area contributed by atoms with E-state index in [1.54, 1.807) is 0 Å². The van der Waals surface area contributed by atoms with E-state index in [0.717, 1.165) is 29.8 Å². The Morgan fingerprint density at radius 1 is 0.771 bits per heavy atom. The van der Waals surface area contributed by atoms with Crippen molar-refractivity contribution in [3.63, 3.8) is 0 Å². The molecular formula is C32H29NO2. The van der Waals surface area contributed by atoms with Gasteiger partial charge >= 0.3 is 5.97 Å². The van der Waals surface area contributed by atoms with Gasteiger partial charge in [-0.15, -0.1) is 0 Å². The maximum atomic E-state index is 13.2. The van der Waals surface area contributed by atoms with E-state index in [1.807, 2.05) is 12.1 Å². The fourth-order valence-electron chi connectivity index (χ4n) is 5.74. The highest BCUT2D eigenvalue weighted by molar-refractivity contribution is 5.83. The number of carbonyl (C=O) groups excluding carboxylic acids is 1. The highest BCUT2D eigenvalue weighted by Crippen LogP contribution is 2.44. The molecule has 1 saturated carbocycles. The summed E-state index contributed by atoms with van der Waals surface area (Å²) in [6.07, 6.45) is 6.48. The Balaban J connectivity index is 1.38. The molecule has 0 aromatic heterocycles. The molecule has 2 aliphatic carbocycles. The SMILES string of the molecule is O=C(OCC(c1ccc2ccccc2c1)N(c1ccccc1)c1ccccc1)C1CC2C=CC1C2. The molecule has 4 aromatic carbocycles. The van der Waals surface area contributed by atoms with E-state index >= 15 is 0 Å². The van der Waals surface area contributed by atoms with Crippen molar-refractivity contribution in [2.75, 3.05) is 11.5 Å². The normalized spacial score (nSPS) is 21.2. The standard InChI is InChI=1S/C32H29NO2/c34-32(30-20-23-15-16-26(30)19-23)35-22-31(27-18-17-24-9-7-8-10-25(24)21-27)33(28-11-3-1-4-12-28)29-13-5-2-6-14-29/h1-18,21,23,26,30-31H,19-20,22H2. The lowest BCUT2D eigenvalue weighted by Gasteiger charge is -2.34. The molecule has 3 nitrogen and oxygen atoms in total. The fraction of sp³-hybridized carbons (Fsp3) is 0.219. The van der Waals surface area contributed by atoms with Crippen LogP contribution in [0.5, 0.6) is 0 Å². The average Bonchev–Trinajstić information content (AvgIpc) is 3.56. The third kappa shape index (κ3) is 4.35. The zero-order valence-electron chi connectivity index (χ0n) is 19.7. The maximum absolute atomic E-state index is 13.2. The largest absolute Gasteiger partial charge is 0.463 e. The van der Waals surface area contributed by atoms with Gasteiger partial charge in [0.1, 0.15) is 6.61 Å². The minimum atomic E-state index is -0.164. The number of benzene rings is 4. The molecule has 6 rings (SSSR count). The minimum absolute atomic E-state index is 0.0100. The molecule has 4 unspecified atom stereocenters. The number of hydrogen-bond acceptors (Lipinski definition) is 3. The fourth-order valence-corrected chi connectivity index (χ4v) is 5.74. The van der Waals surface area contributed by atoms with Gasteiger partial charge in [-0.05, 0) is 71.3 Å². The van der Waals surface area contributed by atoms with E-state index in [4.69, 9.17) is 4.74 Å². The number of hydrogen-bond donors (Lipinski definition) is 0. The van der Waals surface area contributed by atoms with Crippen LogP contribution in [0.3, 0.4) is 0 Å². The van der Waals surface area contributed by atoms with Crippen molar-refractivity contribution < 1.29 is 9.53 Å². The smallest absolute Gasteiger partial charge is 0.309 e. The van der Waals surface area contributed by atoms with Gasteiger partial charge in [-0.3, -0.25) is 4.79 Å². The van der Waals surface area contributed by atoms with Crippen LogP contribution >= 0.6 is 0 Å². The van der Waals surface area contributed by atoms with Crippen molar-refractivity contribution in [3.8, 4) is 0 Å². The summed E-state index contributed by atoms with van der Waals surface area (Å²) in [6.45, 7) is 0.290. The molecule has 2 bridgehead atoms. The van der Waals surface area contributed by atoms with Gasteiger partial charge < -0.3 is 9.64 Å². The summed E-state index contributed by atoms with van der Waals surface area (Å²) in [5.74, 6) is 0.808. The molecule has 3 heteroatoms. The lowest BCUT2D eigenvalue weighted by molar-refractivity contribution is -0.150. The van der Waals surface area contributed by atoms with E-state index in [1.165, 1.54) is 10.8 Å². The molecule has 0 amide bonds. The van der Waals surface area contributed by atoms with Gasteiger partial charge in [-0.1, -0.05) is 84.9 Å². The number of anilines is 2. The van der Waals surface area contributed by atoms with Crippen molar-refractivity contribution in [2.24, 2.45) is 17.8 Å². The summed E-state index contributed by atoms with van der Waals surface area (Å²) in [5.41, 5.74) is 3.25. The summed E-state index contributed by atoms with van der Waals surface area (Å²) < 4.78 is 6.12. The van der Waals surface area contributed by atoms with E-state index in [9.17, 15) is 4.79 Å². The van der Waals surface area contributed by atoms with Crippen molar-refractivity contribution in [3.05, 3.63) is 121 Å². The summed E-state index contributed by atoms with van der Waals surface area (Å²) in [7, 11) is 0. The Bertz CT molecular complexity index is 1310. The third-order valence-corrected chi connectivity index (χ3v) is 7.50. The number of esters is 1. The summed E-state index contributed by atoms with van der Waals surface area (Å²) in [6, 6.07) is 35.5. The molecule has 0 aliphatic heterocycles.